The van der Waals surface area contributed by atoms with Crippen molar-refractivity contribution in [3.8, 4) is 0 Å². The Morgan fingerprint density at radius 3 is 2.44 bits per heavy atom. The van der Waals surface area contributed by atoms with Gasteiger partial charge in [-0.1, -0.05) is 42.8 Å². The smallest absolute Gasteiger partial charge is 0.262 e. The Morgan fingerprint density at radius 2 is 1.78 bits per heavy atom. The topological polar surface area (TPSA) is 71.1 Å². The van der Waals surface area contributed by atoms with Crippen LogP contribution in [0.4, 0.5) is 17.2 Å². The number of rotatable bonds is 6. The van der Waals surface area contributed by atoms with Gasteiger partial charge in [0.25, 0.3) is 10.0 Å². The number of nitrogens with one attached hydrogen (secondary N) is 2. The molecule has 3 rings (SSSR count). The van der Waals surface area contributed by atoms with E-state index >= 15 is 0 Å². The highest BCUT2D eigenvalue weighted by Crippen LogP contribution is 2.23. The van der Waals surface area contributed by atoms with Crippen LogP contribution in [0.1, 0.15) is 23.6 Å². The number of nitrogens with zero attached hydrogens (tertiary/aromatic N) is 1. The maximum atomic E-state index is 12.6. The molecule has 5 nitrogen and oxygen atoms in total. The van der Waals surface area contributed by atoms with Gasteiger partial charge in [0.1, 0.15) is 5.82 Å². The summed E-state index contributed by atoms with van der Waals surface area (Å²) in [6, 6.07) is 16.8. The fourth-order valence-corrected chi connectivity index (χ4v) is 4.20. The summed E-state index contributed by atoms with van der Waals surface area (Å²) in [6.07, 6.45) is 2.43. The Hall–Kier alpha value is -2.86. The van der Waals surface area contributed by atoms with Crippen LogP contribution >= 0.6 is 0 Å². The monoisotopic (exact) mass is 381 g/mol. The summed E-state index contributed by atoms with van der Waals surface area (Å²) in [5.41, 5.74) is 4.35. The largest absolute Gasteiger partial charge is 0.340 e. The van der Waals surface area contributed by atoms with Crippen molar-refractivity contribution in [2.75, 3.05) is 10.0 Å². The highest BCUT2D eigenvalue weighted by atomic mass is 32.2. The molecule has 1 aromatic heterocycles. The van der Waals surface area contributed by atoms with Crippen molar-refractivity contribution in [3.63, 3.8) is 0 Å². The molecule has 0 amide bonds. The molecule has 3 aromatic rings. The molecule has 0 unspecified atom stereocenters. The molecule has 1 heterocycles. The predicted octanol–water partition coefficient (Wildman–Crippen LogP) is 4.81. The van der Waals surface area contributed by atoms with Gasteiger partial charge in [-0.3, -0.25) is 4.72 Å². The van der Waals surface area contributed by atoms with E-state index in [9.17, 15) is 8.42 Å². The molecule has 0 radical (unpaired) electrons. The van der Waals surface area contributed by atoms with Crippen LogP contribution in [0.5, 0.6) is 0 Å². The number of aromatic nitrogens is 1. The van der Waals surface area contributed by atoms with Gasteiger partial charge in [0.15, 0.2) is 0 Å². The molecule has 140 valence electrons. The molecular weight excluding hydrogens is 358 g/mol. The van der Waals surface area contributed by atoms with E-state index in [4.69, 9.17) is 0 Å². The number of pyridine rings is 1. The summed E-state index contributed by atoms with van der Waals surface area (Å²) in [7, 11) is -3.65. The number of benzene rings is 2. The lowest BCUT2D eigenvalue weighted by molar-refractivity contribution is 0.600. The van der Waals surface area contributed by atoms with E-state index in [1.807, 2.05) is 31.2 Å². The van der Waals surface area contributed by atoms with Crippen LogP contribution in [0.25, 0.3) is 0 Å². The van der Waals surface area contributed by atoms with Crippen LogP contribution in [0.15, 0.2) is 65.7 Å². The normalized spacial score (nSPS) is 11.2. The van der Waals surface area contributed by atoms with E-state index < -0.39 is 10.0 Å². The zero-order chi connectivity index (χ0) is 19.4. The summed E-state index contributed by atoms with van der Waals surface area (Å²) in [5, 5.41) is 3.27. The van der Waals surface area contributed by atoms with E-state index in [2.05, 4.69) is 28.0 Å². The van der Waals surface area contributed by atoms with Crippen molar-refractivity contribution in [1.82, 2.24) is 4.98 Å². The third kappa shape index (κ3) is 4.46. The van der Waals surface area contributed by atoms with Gasteiger partial charge < -0.3 is 5.32 Å². The lowest BCUT2D eigenvalue weighted by Gasteiger charge is -2.12. The van der Waals surface area contributed by atoms with Gasteiger partial charge in [-0.2, -0.15) is 0 Å². The standard InChI is InChI=1S/C21H23N3O2S/c1-4-17-7-5-6-8-19(17)23-21-12-10-18(14-22-21)24-27(25,26)20-11-9-15(2)13-16(20)3/h5-14,24H,4H2,1-3H3,(H,22,23). The van der Waals surface area contributed by atoms with E-state index in [0.29, 0.717) is 17.1 Å². The molecule has 6 heteroatoms. The molecule has 0 bridgehead atoms. The van der Waals surface area contributed by atoms with Gasteiger partial charge in [-0.15, -0.1) is 0 Å². The van der Waals surface area contributed by atoms with E-state index in [-0.39, 0.29) is 4.90 Å². The average Bonchev–Trinajstić information content (AvgIpc) is 2.63. The fourth-order valence-electron chi connectivity index (χ4n) is 2.93. The Labute approximate surface area is 160 Å². The van der Waals surface area contributed by atoms with Crippen molar-refractivity contribution >= 4 is 27.2 Å². The van der Waals surface area contributed by atoms with Crippen molar-refractivity contribution in [3.05, 3.63) is 77.5 Å². The second-order valence-electron chi connectivity index (χ2n) is 6.44. The van der Waals surface area contributed by atoms with E-state index in [1.165, 1.54) is 11.8 Å². The van der Waals surface area contributed by atoms with Crippen molar-refractivity contribution in [2.24, 2.45) is 0 Å². The Balaban J connectivity index is 1.77. The maximum absolute atomic E-state index is 12.6. The molecule has 2 N–H and O–H groups in total. The molecule has 0 aliphatic rings. The van der Waals surface area contributed by atoms with Crippen LogP contribution in [-0.4, -0.2) is 13.4 Å². The lowest BCUT2D eigenvalue weighted by atomic mass is 10.1. The SMILES string of the molecule is CCc1ccccc1Nc1ccc(NS(=O)(=O)c2ccc(C)cc2C)cn1. The Morgan fingerprint density at radius 1 is 1.00 bits per heavy atom. The van der Waals surface area contributed by atoms with Crippen LogP contribution < -0.4 is 10.0 Å². The zero-order valence-corrected chi connectivity index (χ0v) is 16.5. The zero-order valence-electron chi connectivity index (χ0n) is 15.7. The van der Waals surface area contributed by atoms with Crippen molar-refractivity contribution in [1.29, 1.82) is 0 Å². The summed E-state index contributed by atoms with van der Waals surface area (Å²) in [6.45, 7) is 5.82. The first kappa shape index (κ1) is 18.9. The quantitative estimate of drug-likeness (QED) is 0.643. The molecule has 2 aromatic carbocycles. The average molecular weight is 382 g/mol. The van der Waals surface area contributed by atoms with Crippen LogP contribution in [0.2, 0.25) is 0 Å². The number of hydrogen-bond acceptors (Lipinski definition) is 4. The first-order valence-corrected chi connectivity index (χ1v) is 10.3. The molecule has 0 atom stereocenters. The van der Waals surface area contributed by atoms with Gasteiger partial charge in [-0.05, 0) is 55.7 Å². The Kier molecular flexibility index (Phi) is 5.46. The van der Waals surface area contributed by atoms with Crippen LogP contribution in [-0.2, 0) is 16.4 Å². The molecule has 0 spiro atoms. The third-order valence-corrected chi connectivity index (χ3v) is 5.84. The van der Waals surface area contributed by atoms with Gasteiger partial charge in [0.05, 0.1) is 16.8 Å². The summed E-state index contributed by atoms with van der Waals surface area (Å²) in [5.74, 6) is 0.658. The number of hydrogen-bond donors (Lipinski definition) is 2. The minimum atomic E-state index is -3.65. The number of aryl methyl sites for hydroxylation is 3. The minimum Gasteiger partial charge on any atom is -0.340 e. The van der Waals surface area contributed by atoms with Crippen molar-refractivity contribution in [2.45, 2.75) is 32.1 Å². The van der Waals surface area contributed by atoms with Gasteiger partial charge >= 0.3 is 0 Å². The van der Waals surface area contributed by atoms with E-state index in [0.717, 1.165) is 17.7 Å². The Bertz CT molecular complexity index is 1050. The molecule has 0 aliphatic heterocycles. The first-order valence-electron chi connectivity index (χ1n) is 8.80. The second-order valence-corrected chi connectivity index (χ2v) is 8.09. The number of sulfonamides is 1. The summed E-state index contributed by atoms with van der Waals surface area (Å²) in [4.78, 5) is 4.60. The fraction of sp³-hybridized carbons (Fsp3) is 0.190. The maximum Gasteiger partial charge on any atom is 0.262 e. The number of anilines is 3. The molecule has 0 saturated carbocycles. The highest BCUT2D eigenvalue weighted by molar-refractivity contribution is 7.92. The molecular formula is C21H23N3O2S. The van der Waals surface area contributed by atoms with Gasteiger partial charge in [0.2, 0.25) is 0 Å². The predicted molar refractivity (Wildman–Crippen MR) is 110 cm³/mol. The lowest BCUT2D eigenvalue weighted by Crippen LogP contribution is -2.14. The summed E-state index contributed by atoms with van der Waals surface area (Å²) < 4.78 is 27.9. The van der Waals surface area contributed by atoms with E-state index in [1.54, 1.807) is 31.2 Å². The molecule has 0 fully saturated rings. The summed E-state index contributed by atoms with van der Waals surface area (Å²) >= 11 is 0. The number of para-hydroxylation sites is 1. The third-order valence-electron chi connectivity index (χ3n) is 4.30. The highest BCUT2D eigenvalue weighted by Gasteiger charge is 2.17. The van der Waals surface area contributed by atoms with Crippen LogP contribution in [0, 0.1) is 13.8 Å². The molecule has 0 saturated heterocycles. The molecule has 0 aliphatic carbocycles. The van der Waals surface area contributed by atoms with Crippen molar-refractivity contribution < 1.29 is 8.42 Å². The van der Waals surface area contributed by atoms with Gasteiger partial charge in [-0.25, -0.2) is 13.4 Å². The van der Waals surface area contributed by atoms with Gasteiger partial charge in [0, 0.05) is 5.69 Å². The first-order chi connectivity index (χ1) is 12.9. The van der Waals surface area contributed by atoms with Crippen LogP contribution in [0.3, 0.4) is 0 Å². The minimum absolute atomic E-state index is 0.271. The second kappa shape index (κ2) is 7.80. The molecule has 27 heavy (non-hydrogen) atoms.